The Morgan fingerprint density at radius 3 is 1.87 bits per heavy atom. The van der Waals surface area contributed by atoms with Gasteiger partial charge in [-0.25, -0.2) is 14.2 Å². The average molecular weight is 952 g/mol. The molecule has 7 N–H and O–H groups in total. The molecule has 0 unspecified atom stereocenters. The van der Waals surface area contributed by atoms with Gasteiger partial charge in [0.1, 0.15) is 23.9 Å². The van der Waals surface area contributed by atoms with Crippen LogP contribution < -0.4 is 5.32 Å². The van der Waals surface area contributed by atoms with Gasteiger partial charge in [-0.15, -0.1) is 0 Å². The van der Waals surface area contributed by atoms with Crippen molar-refractivity contribution < 1.29 is 87.0 Å². The summed E-state index contributed by atoms with van der Waals surface area (Å²) >= 11 is 0. The molecule has 0 radical (unpaired) electrons. The van der Waals surface area contributed by atoms with Crippen molar-refractivity contribution in [2.75, 3.05) is 6.61 Å². The number of amides is 1. The number of nitrogens with one attached hydrogen (secondary N) is 1. The lowest BCUT2D eigenvalue weighted by molar-refractivity contribution is -0.346. The molecule has 3 fully saturated rings. The Morgan fingerprint density at radius 2 is 1.36 bits per heavy atom. The van der Waals surface area contributed by atoms with Crippen LogP contribution >= 0.6 is 7.82 Å². The van der Waals surface area contributed by atoms with Gasteiger partial charge in [0.2, 0.25) is 0 Å². The summed E-state index contributed by atoms with van der Waals surface area (Å²) < 4.78 is 39.2. The van der Waals surface area contributed by atoms with Gasteiger partial charge in [-0.1, -0.05) is 80.6 Å². The number of aliphatic hydroxyl groups is 3. The van der Waals surface area contributed by atoms with E-state index >= 15 is 4.79 Å². The smallest absolute Gasteiger partial charge is 0.456 e. The highest BCUT2D eigenvalue weighted by Gasteiger charge is 2.78. The molecule has 1 heterocycles. The molecule has 3 aliphatic carbocycles. The molecule has 1 amide bonds. The lowest BCUT2D eigenvalue weighted by Gasteiger charge is -2.67. The summed E-state index contributed by atoms with van der Waals surface area (Å²) in [5.74, 6) is -6.84. The second-order valence-corrected chi connectivity index (χ2v) is 18.9. The minimum atomic E-state index is -4.64. The summed E-state index contributed by atoms with van der Waals surface area (Å²) in [5, 5.41) is 40.2. The van der Waals surface area contributed by atoms with Gasteiger partial charge in [0.15, 0.2) is 23.6 Å². The summed E-state index contributed by atoms with van der Waals surface area (Å²) in [4.78, 5) is 105. The fourth-order valence-corrected chi connectivity index (χ4v) is 10.2. The number of hydrogen-bond acceptors (Lipinski definition) is 15. The van der Waals surface area contributed by atoms with E-state index in [4.69, 9.17) is 42.9 Å². The first-order valence-corrected chi connectivity index (χ1v) is 22.8. The molecule has 0 spiro atoms. The van der Waals surface area contributed by atoms with Crippen LogP contribution in [0.5, 0.6) is 0 Å². The molecule has 1 aliphatic heterocycles. The maximum absolute atomic E-state index is 15.5. The van der Waals surface area contributed by atoms with E-state index in [1.165, 1.54) is 26.0 Å². The van der Waals surface area contributed by atoms with Crippen LogP contribution in [0.25, 0.3) is 0 Å². The lowest BCUT2D eigenvalue weighted by Crippen LogP contribution is -2.82. The normalized spacial score (nSPS) is 30.4. The number of carbonyl (C=O) groups excluding carboxylic acids is 6. The third-order valence-electron chi connectivity index (χ3n) is 13.5. The molecule has 2 bridgehead atoms. The number of carbonyl (C=O) groups is 6. The molecule has 7 rings (SSSR count). The van der Waals surface area contributed by atoms with Gasteiger partial charge in [-0.05, 0) is 54.8 Å². The molecule has 3 aromatic rings. The minimum Gasteiger partial charge on any atom is -0.456 e. The molecule has 67 heavy (non-hydrogen) atoms. The van der Waals surface area contributed by atoms with Gasteiger partial charge in [0.05, 0.1) is 35.6 Å². The molecule has 19 nitrogen and oxygen atoms in total. The average Bonchev–Trinajstić information content (AvgIpc) is 3.26. The molecule has 4 aliphatic rings. The van der Waals surface area contributed by atoms with E-state index < -0.39 is 120 Å². The number of phosphoric acid groups is 1. The zero-order valence-electron chi connectivity index (χ0n) is 37.4. The largest absolute Gasteiger partial charge is 0.466 e. The summed E-state index contributed by atoms with van der Waals surface area (Å²) in [6.07, 6.45) is -10.5. The van der Waals surface area contributed by atoms with E-state index in [1.807, 2.05) is 0 Å². The quantitative estimate of drug-likeness (QED) is 0.0665. The van der Waals surface area contributed by atoms with E-state index in [2.05, 4.69) is 5.32 Å². The summed E-state index contributed by atoms with van der Waals surface area (Å²) in [6.45, 7) is 7.97. The number of ketones is 1. The van der Waals surface area contributed by atoms with Gasteiger partial charge < -0.3 is 59.0 Å². The molecule has 2 saturated carbocycles. The van der Waals surface area contributed by atoms with Gasteiger partial charge >= 0.3 is 31.7 Å². The van der Waals surface area contributed by atoms with Crippen LogP contribution in [0.15, 0.2) is 102 Å². The number of hydrogen-bond donors (Lipinski definition) is 7. The number of aliphatic hydroxyl groups excluding tert-OH is 2. The van der Waals surface area contributed by atoms with Gasteiger partial charge in [-0.2, -0.15) is 0 Å². The van der Waals surface area contributed by atoms with Crippen molar-refractivity contribution in [2.45, 2.75) is 108 Å². The SMILES string of the molecule is CC(=O)O[C@H]1C(=O)[C@@]2(C)[C@H]([C@H](OC(=O)c3ccccc3)[C@]3(O)C[C@H](OC(=O)[C@H](O)[C@@H](NC(=O)c4ccccc4)c4ccccc4)C(C)=C1C3(C)C)[C@]1(OC(C)=O)CO[C@@H]1C[C@@H]2O.O=P(O)(O)O. The van der Waals surface area contributed by atoms with Crippen LogP contribution in [0.4, 0.5) is 0 Å². The highest BCUT2D eigenvalue weighted by Crippen LogP contribution is 2.64. The molecule has 1 saturated heterocycles. The monoisotopic (exact) mass is 951 g/mol. The highest BCUT2D eigenvalue weighted by molar-refractivity contribution is 7.45. The van der Waals surface area contributed by atoms with Crippen molar-refractivity contribution >= 4 is 43.4 Å². The second kappa shape index (κ2) is 19.2. The highest BCUT2D eigenvalue weighted by atomic mass is 31.2. The number of esters is 4. The Labute approximate surface area is 385 Å². The summed E-state index contributed by atoms with van der Waals surface area (Å²) in [7, 11) is -4.64. The van der Waals surface area contributed by atoms with Crippen molar-refractivity contribution in [1.82, 2.24) is 5.32 Å². The summed E-state index contributed by atoms with van der Waals surface area (Å²) in [5.41, 5.74) is -7.02. The van der Waals surface area contributed by atoms with E-state index in [9.17, 15) is 39.3 Å². The predicted octanol–water partition coefficient (Wildman–Crippen LogP) is 2.81. The van der Waals surface area contributed by atoms with Gasteiger partial charge in [-0.3, -0.25) is 19.2 Å². The number of rotatable bonds is 10. The van der Waals surface area contributed by atoms with Crippen molar-refractivity contribution in [3.8, 4) is 0 Å². The zero-order chi connectivity index (χ0) is 49.4. The first-order chi connectivity index (χ1) is 31.3. The fraction of sp³-hybridized carbons (Fsp3) is 0.447. The third-order valence-corrected chi connectivity index (χ3v) is 13.5. The molecule has 0 aromatic heterocycles. The first-order valence-electron chi connectivity index (χ1n) is 21.3. The van der Waals surface area contributed by atoms with E-state index in [0.717, 1.165) is 13.8 Å². The Morgan fingerprint density at radius 1 is 0.821 bits per heavy atom. The molecule has 360 valence electrons. The molecular formula is C47H54NO18P. The van der Waals surface area contributed by atoms with Gasteiger partial charge in [0.25, 0.3) is 5.91 Å². The maximum Gasteiger partial charge on any atom is 0.466 e. The van der Waals surface area contributed by atoms with Crippen LogP contribution in [0, 0.1) is 16.7 Å². The fourth-order valence-electron chi connectivity index (χ4n) is 10.2. The van der Waals surface area contributed by atoms with Crippen molar-refractivity contribution in [2.24, 2.45) is 16.7 Å². The lowest BCUT2D eigenvalue weighted by atomic mass is 9.44. The molecule has 11 atom stereocenters. The zero-order valence-corrected chi connectivity index (χ0v) is 38.3. The Hall–Kier alpha value is -5.63. The van der Waals surface area contributed by atoms with E-state index in [0.29, 0.717) is 5.56 Å². The summed E-state index contributed by atoms with van der Waals surface area (Å²) in [6, 6.07) is 22.9. The number of benzene rings is 3. The molecular weight excluding hydrogens is 897 g/mol. The van der Waals surface area contributed by atoms with Gasteiger partial charge in [0, 0.05) is 37.7 Å². The molecule has 20 heteroatoms. The van der Waals surface area contributed by atoms with Crippen molar-refractivity contribution in [3.63, 3.8) is 0 Å². The van der Waals surface area contributed by atoms with E-state index in [1.54, 1.807) is 92.7 Å². The third kappa shape index (κ3) is 9.73. The molecule has 3 aromatic carbocycles. The standard InChI is InChI=1S/C47H51NO14.H3O4P/c1-25-31(60-43(56)36(52)35(28-16-10-7-11-17-28)48-41(54)29-18-12-8-13-19-29)23-47(57)40(61-42(55)30-20-14-9-15-21-30)38-45(6,32(51)22-33-46(38,24-58-33)62-27(3)50)39(53)37(59-26(2)49)34(25)44(47,4)5;1-5(2,3)4/h7-21,31-33,35-38,40,51-52,57H,22-24H2,1-6H3,(H,48,54);(H3,1,2,3,4)/t31-,32-,33+,35-,36+,37+,38-,40-,45+,46-,47+;/m0./s1. The van der Waals surface area contributed by atoms with Crippen molar-refractivity contribution in [1.29, 1.82) is 0 Å². The Bertz CT molecular complexity index is 2450. The van der Waals surface area contributed by atoms with Crippen LogP contribution in [0.1, 0.15) is 86.7 Å². The Kier molecular flexibility index (Phi) is 14.5. The van der Waals surface area contributed by atoms with Crippen molar-refractivity contribution in [3.05, 3.63) is 119 Å². The Balaban J connectivity index is 0.00000141. The first kappa shape index (κ1) is 50.8. The number of ether oxygens (including phenoxy) is 5. The second-order valence-electron chi connectivity index (χ2n) is 17.9. The minimum absolute atomic E-state index is 0.00289. The topological polar surface area (TPSA) is 299 Å². The van der Waals surface area contributed by atoms with Crippen LogP contribution in [0.3, 0.4) is 0 Å². The van der Waals surface area contributed by atoms with E-state index in [-0.39, 0.29) is 35.3 Å². The predicted molar refractivity (Wildman–Crippen MR) is 232 cm³/mol. The van der Waals surface area contributed by atoms with Crippen LogP contribution in [0.2, 0.25) is 0 Å². The van der Waals surface area contributed by atoms with Crippen LogP contribution in [-0.4, -0.2) is 120 Å². The number of Topliss-reactive ketones (excluding diaryl/α,β-unsaturated/α-hetero) is 1. The number of fused-ring (bicyclic) bond motifs is 5. The van der Waals surface area contributed by atoms with Crippen LogP contribution in [-0.2, 0) is 47.4 Å². The maximum atomic E-state index is 15.5.